The SMILES string of the molecule is Cc1cccc(N2CCN(C/C=C/Cl)CC2)c1. The summed E-state index contributed by atoms with van der Waals surface area (Å²) in [4.78, 5) is 4.87. The number of hydrogen-bond donors (Lipinski definition) is 0. The molecule has 0 bridgehead atoms. The molecule has 0 radical (unpaired) electrons. The van der Waals surface area contributed by atoms with Crippen molar-refractivity contribution in [1.29, 1.82) is 0 Å². The lowest BCUT2D eigenvalue weighted by molar-refractivity contribution is 0.284. The van der Waals surface area contributed by atoms with Crippen LogP contribution in [0, 0.1) is 6.92 Å². The highest BCUT2D eigenvalue weighted by Crippen LogP contribution is 2.17. The third-order valence-corrected chi connectivity index (χ3v) is 3.37. The minimum absolute atomic E-state index is 0.963. The first-order valence-corrected chi connectivity index (χ1v) is 6.52. The maximum atomic E-state index is 5.55. The summed E-state index contributed by atoms with van der Waals surface area (Å²) in [6.07, 6.45) is 2.00. The average Bonchev–Trinajstić information content (AvgIpc) is 2.37. The first kappa shape index (κ1) is 12.5. The Morgan fingerprint density at radius 1 is 1.24 bits per heavy atom. The molecule has 1 heterocycles. The molecular weight excluding hydrogens is 232 g/mol. The van der Waals surface area contributed by atoms with Crippen LogP contribution in [0.3, 0.4) is 0 Å². The van der Waals surface area contributed by atoms with Gasteiger partial charge in [-0.25, -0.2) is 0 Å². The van der Waals surface area contributed by atoms with Crippen molar-refractivity contribution in [3.8, 4) is 0 Å². The zero-order valence-electron chi connectivity index (χ0n) is 10.3. The molecule has 0 spiro atoms. The maximum absolute atomic E-state index is 5.55. The van der Waals surface area contributed by atoms with Crippen LogP contribution >= 0.6 is 11.6 Å². The van der Waals surface area contributed by atoms with Gasteiger partial charge < -0.3 is 4.90 Å². The van der Waals surface area contributed by atoms with E-state index in [0.717, 1.165) is 32.7 Å². The third kappa shape index (κ3) is 3.48. The second-order valence-corrected chi connectivity index (χ2v) is 4.74. The number of halogens is 1. The highest BCUT2D eigenvalue weighted by molar-refractivity contribution is 6.25. The van der Waals surface area contributed by atoms with E-state index in [9.17, 15) is 0 Å². The minimum atomic E-state index is 0.963. The Bertz CT molecular complexity index is 382. The van der Waals surface area contributed by atoms with Crippen LogP contribution in [0.2, 0.25) is 0 Å². The lowest BCUT2D eigenvalue weighted by Gasteiger charge is -2.35. The van der Waals surface area contributed by atoms with Crippen molar-refractivity contribution in [2.45, 2.75) is 6.92 Å². The van der Waals surface area contributed by atoms with E-state index in [0.29, 0.717) is 0 Å². The zero-order chi connectivity index (χ0) is 12.1. The number of aryl methyl sites for hydroxylation is 1. The summed E-state index contributed by atoms with van der Waals surface area (Å²) in [5.41, 5.74) is 4.28. The molecule has 1 aliphatic heterocycles. The molecule has 0 unspecified atom stereocenters. The summed E-state index contributed by atoms with van der Waals surface area (Å²) in [5.74, 6) is 0. The van der Waals surface area contributed by atoms with Gasteiger partial charge in [0.05, 0.1) is 0 Å². The molecule has 0 aromatic heterocycles. The van der Waals surface area contributed by atoms with Crippen molar-refractivity contribution >= 4 is 17.3 Å². The molecule has 1 aromatic carbocycles. The first-order valence-electron chi connectivity index (χ1n) is 6.09. The summed E-state index contributed by atoms with van der Waals surface area (Å²) in [6, 6.07) is 8.73. The van der Waals surface area contributed by atoms with E-state index >= 15 is 0 Å². The van der Waals surface area contributed by atoms with Crippen LogP contribution < -0.4 is 4.90 Å². The zero-order valence-corrected chi connectivity index (χ0v) is 11.0. The van der Waals surface area contributed by atoms with Crippen molar-refractivity contribution < 1.29 is 0 Å². The van der Waals surface area contributed by atoms with Crippen LogP contribution in [0.4, 0.5) is 5.69 Å². The summed E-state index contributed by atoms with van der Waals surface area (Å²) >= 11 is 5.55. The standard InChI is InChI=1S/C14H19ClN2/c1-13-4-2-5-14(12-13)17-10-8-16(9-11-17)7-3-6-15/h2-6,12H,7-11H2,1H3/b6-3+. The Hall–Kier alpha value is -0.990. The maximum Gasteiger partial charge on any atom is 0.0369 e. The monoisotopic (exact) mass is 250 g/mol. The molecule has 0 amide bonds. The molecule has 1 fully saturated rings. The highest BCUT2D eigenvalue weighted by atomic mass is 35.5. The molecule has 1 saturated heterocycles. The lowest BCUT2D eigenvalue weighted by Crippen LogP contribution is -2.46. The van der Waals surface area contributed by atoms with Gasteiger partial charge >= 0.3 is 0 Å². The van der Waals surface area contributed by atoms with Gasteiger partial charge in [-0.1, -0.05) is 29.8 Å². The van der Waals surface area contributed by atoms with Gasteiger partial charge in [0, 0.05) is 43.9 Å². The Morgan fingerprint density at radius 2 is 2.00 bits per heavy atom. The average molecular weight is 251 g/mol. The molecule has 2 rings (SSSR count). The smallest absolute Gasteiger partial charge is 0.0369 e. The second kappa shape index (κ2) is 6.08. The summed E-state index contributed by atoms with van der Waals surface area (Å²) in [7, 11) is 0. The summed E-state index contributed by atoms with van der Waals surface area (Å²) in [6.45, 7) is 7.51. The Morgan fingerprint density at radius 3 is 2.65 bits per heavy atom. The van der Waals surface area contributed by atoms with Gasteiger partial charge in [-0.2, -0.15) is 0 Å². The van der Waals surface area contributed by atoms with Gasteiger partial charge in [-0.3, -0.25) is 4.90 Å². The molecule has 2 nitrogen and oxygen atoms in total. The van der Waals surface area contributed by atoms with Gasteiger partial charge in [-0.15, -0.1) is 0 Å². The number of hydrogen-bond acceptors (Lipinski definition) is 2. The molecule has 1 aromatic rings. The number of anilines is 1. The molecule has 0 N–H and O–H groups in total. The van der Waals surface area contributed by atoms with Crippen LogP contribution in [-0.4, -0.2) is 37.6 Å². The van der Waals surface area contributed by atoms with Crippen molar-refractivity contribution in [2.75, 3.05) is 37.6 Å². The van der Waals surface area contributed by atoms with Gasteiger partial charge in [0.15, 0.2) is 0 Å². The van der Waals surface area contributed by atoms with Crippen LogP contribution in [0.1, 0.15) is 5.56 Å². The van der Waals surface area contributed by atoms with E-state index in [1.807, 2.05) is 6.08 Å². The topological polar surface area (TPSA) is 6.48 Å². The molecule has 3 heteroatoms. The van der Waals surface area contributed by atoms with Gasteiger partial charge in [-0.05, 0) is 24.6 Å². The number of nitrogens with zero attached hydrogens (tertiary/aromatic N) is 2. The van der Waals surface area contributed by atoms with Crippen LogP contribution in [-0.2, 0) is 0 Å². The molecule has 92 valence electrons. The fourth-order valence-electron chi connectivity index (χ4n) is 2.20. The number of rotatable bonds is 3. The van der Waals surface area contributed by atoms with Crippen LogP contribution in [0.25, 0.3) is 0 Å². The normalized spacial score (nSPS) is 17.9. The fourth-order valence-corrected chi connectivity index (χ4v) is 2.28. The Balaban J connectivity index is 1.90. The third-order valence-electron chi connectivity index (χ3n) is 3.19. The Labute approximate surface area is 108 Å². The van der Waals surface area contributed by atoms with Crippen LogP contribution in [0.15, 0.2) is 35.9 Å². The van der Waals surface area contributed by atoms with Crippen molar-refractivity contribution in [2.24, 2.45) is 0 Å². The van der Waals surface area contributed by atoms with E-state index in [2.05, 4.69) is 41.0 Å². The van der Waals surface area contributed by atoms with Gasteiger partial charge in [0.2, 0.25) is 0 Å². The predicted octanol–water partition coefficient (Wildman–Crippen LogP) is 2.87. The van der Waals surface area contributed by atoms with E-state index in [1.54, 1.807) is 5.54 Å². The number of piperazine rings is 1. The largest absolute Gasteiger partial charge is 0.369 e. The lowest BCUT2D eigenvalue weighted by atomic mass is 10.2. The fraction of sp³-hybridized carbons (Fsp3) is 0.429. The van der Waals surface area contributed by atoms with Crippen molar-refractivity contribution in [3.63, 3.8) is 0 Å². The molecular formula is C14H19ClN2. The molecule has 17 heavy (non-hydrogen) atoms. The van der Waals surface area contributed by atoms with Gasteiger partial charge in [0.1, 0.15) is 0 Å². The quantitative estimate of drug-likeness (QED) is 0.814. The highest BCUT2D eigenvalue weighted by Gasteiger charge is 2.15. The van der Waals surface area contributed by atoms with E-state index in [4.69, 9.17) is 11.6 Å². The van der Waals surface area contributed by atoms with E-state index < -0.39 is 0 Å². The summed E-state index contributed by atoms with van der Waals surface area (Å²) in [5, 5.41) is 0. The van der Waals surface area contributed by atoms with Crippen molar-refractivity contribution in [1.82, 2.24) is 4.90 Å². The predicted molar refractivity (Wildman–Crippen MR) is 74.8 cm³/mol. The van der Waals surface area contributed by atoms with Crippen LogP contribution in [0.5, 0.6) is 0 Å². The molecule has 0 saturated carbocycles. The Kier molecular flexibility index (Phi) is 4.46. The second-order valence-electron chi connectivity index (χ2n) is 4.49. The molecule has 0 atom stereocenters. The first-order chi connectivity index (χ1) is 8.29. The molecule has 0 aliphatic carbocycles. The van der Waals surface area contributed by atoms with Crippen molar-refractivity contribution in [3.05, 3.63) is 41.4 Å². The van der Waals surface area contributed by atoms with E-state index in [-0.39, 0.29) is 0 Å². The minimum Gasteiger partial charge on any atom is -0.369 e. The van der Waals surface area contributed by atoms with E-state index in [1.165, 1.54) is 11.3 Å². The summed E-state index contributed by atoms with van der Waals surface area (Å²) < 4.78 is 0. The number of benzene rings is 1. The molecule has 1 aliphatic rings. The van der Waals surface area contributed by atoms with Gasteiger partial charge in [0.25, 0.3) is 0 Å².